The predicted molar refractivity (Wildman–Crippen MR) is 89.5 cm³/mol. The summed E-state index contributed by atoms with van der Waals surface area (Å²) in [5, 5.41) is 3.81. The van der Waals surface area contributed by atoms with Crippen LogP contribution in [-0.2, 0) is 11.3 Å². The van der Waals surface area contributed by atoms with Crippen LogP contribution in [0.2, 0.25) is 0 Å². The molecule has 1 fully saturated rings. The van der Waals surface area contributed by atoms with Crippen LogP contribution in [-0.4, -0.2) is 54.2 Å². The third kappa shape index (κ3) is 3.88. The van der Waals surface area contributed by atoms with E-state index in [1.165, 1.54) is 6.07 Å². The lowest BCUT2D eigenvalue weighted by Gasteiger charge is -2.38. The minimum atomic E-state index is -0.193. The molecule has 1 aromatic heterocycles. The summed E-state index contributed by atoms with van der Waals surface area (Å²) in [5.74, 6) is 0.184. The number of hydrogen-bond donors (Lipinski definition) is 0. The number of hydrogen-bond acceptors (Lipinski definition) is 5. The maximum atomic E-state index is 14.0. The van der Waals surface area contributed by atoms with Crippen LogP contribution < -0.4 is 0 Å². The number of amides is 1. The van der Waals surface area contributed by atoms with Crippen molar-refractivity contribution in [1.29, 1.82) is 0 Å². The molecular formula is C18H22FN3O3. The third-order valence-corrected chi connectivity index (χ3v) is 4.57. The molecule has 0 N–H and O–H groups in total. The second kappa shape index (κ2) is 7.76. The molecule has 2 heterocycles. The average Bonchev–Trinajstić information content (AvgIpc) is 3.10. The van der Waals surface area contributed by atoms with Crippen LogP contribution in [0.25, 0.3) is 0 Å². The van der Waals surface area contributed by atoms with Crippen LogP contribution in [0.5, 0.6) is 0 Å². The van der Waals surface area contributed by atoms with E-state index in [0.29, 0.717) is 43.2 Å². The van der Waals surface area contributed by atoms with Crippen molar-refractivity contribution >= 4 is 5.91 Å². The number of aromatic nitrogens is 1. The maximum Gasteiger partial charge on any atom is 0.276 e. The van der Waals surface area contributed by atoms with E-state index in [2.05, 4.69) is 10.1 Å². The van der Waals surface area contributed by atoms with E-state index in [1.807, 2.05) is 19.1 Å². The van der Waals surface area contributed by atoms with Crippen molar-refractivity contribution < 1.29 is 18.4 Å². The summed E-state index contributed by atoms with van der Waals surface area (Å²) in [6.07, 6.45) is 0. The minimum Gasteiger partial charge on any atom is -0.377 e. The van der Waals surface area contributed by atoms with E-state index in [1.54, 1.807) is 24.1 Å². The Morgan fingerprint density at radius 1 is 1.32 bits per heavy atom. The number of carbonyl (C=O) groups excluding carboxylic acids is 1. The molecule has 6 nitrogen and oxygen atoms in total. The normalized spacial score (nSPS) is 16.8. The highest BCUT2D eigenvalue weighted by molar-refractivity contribution is 5.92. The Bertz CT molecular complexity index is 726. The summed E-state index contributed by atoms with van der Waals surface area (Å²) in [5.41, 5.74) is 0.977. The van der Waals surface area contributed by atoms with Gasteiger partial charge in [0.2, 0.25) is 0 Å². The SMILES string of the molecule is COCc1cc(C(=O)N2CCN([C@@H](C)c3ccccc3F)CC2)no1. The summed E-state index contributed by atoms with van der Waals surface area (Å²) in [7, 11) is 1.56. The molecule has 3 rings (SSSR count). The molecule has 1 aliphatic heterocycles. The Balaban J connectivity index is 1.59. The van der Waals surface area contributed by atoms with Crippen molar-refractivity contribution in [2.45, 2.75) is 19.6 Å². The first-order valence-corrected chi connectivity index (χ1v) is 8.32. The van der Waals surface area contributed by atoms with Crippen LogP contribution in [0, 0.1) is 5.82 Å². The van der Waals surface area contributed by atoms with Gasteiger partial charge in [-0.1, -0.05) is 23.4 Å². The quantitative estimate of drug-likeness (QED) is 0.832. The molecule has 1 atom stereocenters. The lowest BCUT2D eigenvalue weighted by atomic mass is 10.1. The van der Waals surface area contributed by atoms with Gasteiger partial charge < -0.3 is 14.2 Å². The molecular weight excluding hydrogens is 325 g/mol. The van der Waals surface area contributed by atoms with Gasteiger partial charge >= 0.3 is 0 Å². The Morgan fingerprint density at radius 2 is 2.04 bits per heavy atom. The number of nitrogens with zero attached hydrogens (tertiary/aromatic N) is 3. The number of ether oxygens (including phenoxy) is 1. The molecule has 25 heavy (non-hydrogen) atoms. The summed E-state index contributed by atoms with van der Waals surface area (Å²) in [4.78, 5) is 16.4. The van der Waals surface area contributed by atoms with Gasteiger partial charge in [0.1, 0.15) is 12.4 Å². The highest BCUT2D eigenvalue weighted by atomic mass is 19.1. The average molecular weight is 347 g/mol. The summed E-state index contributed by atoms with van der Waals surface area (Å²) >= 11 is 0. The first-order valence-electron chi connectivity index (χ1n) is 8.32. The van der Waals surface area contributed by atoms with Crippen molar-refractivity contribution in [2.24, 2.45) is 0 Å². The fourth-order valence-electron chi connectivity index (χ4n) is 3.11. The fourth-order valence-corrected chi connectivity index (χ4v) is 3.11. The van der Waals surface area contributed by atoms with Crippen molar-refractivity contribution in [3.63, 3.8) is 0 Å². The molecule has 0 saturated carbocycles. The maximum absolute atomic E-state index is 14.0. The molecule has 1 aromatic carbocycles. The predicted octanol–water partition coefficient (Wildman–Crippen LogP) is 2.48. The molecule has 2 aromatic rings. The van der Waals surface area contributed by atoms with Gasteiger partial charge in [0.25, 0.3) is 5.91 Å². The first-order chi connectivity index (χ1) is 12.1. The standard InChI is InChI=1S/C18H22FN3O3/c1-13(15-5-3-4-6-16(15)19)21-7-9-22(10-8-21)18(23)17-11-14(12-24-2)25-20-17/h3-6,11,13H,7-10,12H2,1-2H3/t13-/m0/s1. The van der Waals surface area contributed by atoms with Crippen molar-refractivity contribution in [2.75, 3.05) is 33.3 Å². The topological polar surface area (TPSA) is 58.8 Å². The van der Waals surface area contributed by atoms with Crippen LogP contribution in [0.1, 0.15) is 34.8 Å². The number of methoxy groups -OCH3 is 1. The zero-order valence-corrected chi connectivity index (χ0v) is 14.4. The first kappa shape index (κ1) is 17.6. The number of piperazine rings is 1. The molecule has 1 saturated heterocycles. The number of benzene rings is 1. The molecule has 1 aliphatic rings. The Morgan fingerprint density at radius 3 is 2.72 bits per heavy atom. The minimum absolute atomic E-state index is 0.0289. The summed E-state index contributed by atoms with van der Waals surface area (Å²) in [6.45, 7) is 4.79. The molecule has 0 radical (unpaired) electrons. The van der Waals surface area contributed by atoms with Gasteiger partial charge in [0, 0.05) is 51.0 Å². The smallest absolute Gasteiger partial charge is 0.276 e. The third-order valence-electron chi connectivity index (χ3n) is 4.57. The number of rotatable bonds is 5. The molecule has 134 valence electrons. The molecule has 0 bridgehead atoms. The number of carbonyl (C=O) groups is 1. The van der Waals surface area contributed by atoms with Gasteiger partial charge in [0.05, 0.1) is 0 Å². The van der Waals surface area contributed by atoms with E-state index < -0.39 is 0 Å². The molecule has 1 amide bonds. The zero-order valence-electron chi connectivity index (χ0n) is 14.4. The van der Waals surface area contributed by atoms with Gasteiger partial charge in [-0.05, 0) is 13.0 Å². The van der Waals surface area contributed by atoms with Crippen LogP contribution >= 0.6 is 0 Å². The second-order valence-electron chi connectivity index (χ2n) is 6.14. The van der Waals surface area contributed by atoms with Gasteiger partial charge in [-0.3, -0.25) is 9.69 Å². The monoisotopic (exact) mass is 347 g/mol. The van der Waals surface area contributed by atoms with E-state index >= 15 is 0 Å². The lowest BCUT2D eigenvalue weighted by molar-refractivity contribution is 0.0569. The highest BCUT2D eigenvalue weighted by Crippen LogP contribution is 2.24. The van der Waals surface area contributed by atoms with Crippen LogP contribution in [0.4, 0.5) is 4.39 Å². The summed E-state index contributed by atoms with van der Waals surface area (Å²) < 4.78 is 24.0. The lowest BCUT2D eigenvalue weighted by Crippen LogP contribution is -2.49. The Hall–Kier alpha value is -2.25. The largest absolute Gasteiger partial charge is 0.377 e. The van der Waals surface area contributed by atoms with Gasteiger partial charge in [-0.2, -0.15) is 0 Å². The van der Waals surface area contributed by atoms with Gasteiger partial charge in [0.15, 0.2) is 11.5 Å². The van der Waals surface area contributed by atoms with E-state index in [9.17, 15) is 9.18 Å². The fraction of sp³-hybridized carbons (Fsp3) is 0.444. The second-order valence-corrected chi connectivity index (χ2v) is 6.14. The van der Waals surface area contributed by atoms with Gasteiger partial charge in [-0.15, -0.1) is 0 Å². The van der Waals surface area contributed by atoms with Crippen molar-refractivity contribution in [3.8, 4) is 0 Å². The Labute approximate surface area is 146 Å². The van der Waals surface area contributed by atoms with E-state index in [0.717, 1.165) is 0 Å². The highest BCUT2D eigenvalue weighted by Gasteiger charge is 2.27. The summed E-state index contributed by atoms with van der Waals surface area (Å²) in [6, 6.07) is 8.41. The molecule has 0 unspecified atom stereocenters. The molecule has 0 spiro atoms. The van der Waals surface area contributed by atoms with Crippen LogP contribution in [0.15, 0.2) is 34.9 Å². The molecule has 7 heteroatoms. The van der Waals surface area contributed by atoms with Crippen LogP contribution in [0.3, 0.4) is 0 Å². The van der Waals surface area contributed by atoms with E-state index in [-0.39, 0.29) is 24.4 Å². The zero-order chi connectivity index (χ0) is 17.8. The van der Waals surface area contributed by atoms with Crippen molar-refractivity contribution in [1.82, 2.24) is 15.0 Å². The van der Waals surface area contributed by atoms with Gasteiger partial charge in [-0.25, -0.2) is 4.39 Å². The Kier molecular flexibility index (Phi) is 5.45. The number of halogens is 1. The van der Waals surface area contributed by atoms with E-state index in [4.69, 9.17) is 9.26 Å². The van der Waals surface area contributed by atoms with Crippen molar-refractivity contribution in [3.05, 3.63) is 53.2 Å². The molecule has 0 aliphatic carbocycles.